The molecule has 0 atom stereocenters. The van der Waals surface area contributed by atoms with E-state index in [0.717, 1.165) is 17.6 Å². The van der Waals surface area contributed by atoms with Gasteiger partial charge in [-0.1, -0.05) is 19.0 Å². The van der Waals surface area contributed by atoms with Crippen LogP contribution in [0, 0.1) is 0 Å². The van der Waals surface area contributed by atoms with Crippen molar-refractivity contribution in [1.29, 1.82) is 0 Å². The van der Waals surface area contributed by atoms with E-state index in [2.05, 4.69) is 51.1 Å². The van der Waals surface area contributed by atoms with E-state index in [0.29, 0.717) is 18.4 Å². The van der Waals surface area contributed by atoms with Crippen LogP contribution in [0.4, 0.5) is 0 Å². The van der Waals surface area contributed by atoms with Crippen LogP contribution in [0.15, 0.2) is 35.4 Å². The summed E-state index contributed by atoms with van der Waals surface area (Å²) in [6.07, 6.45) is 5.24. The molecule has 0 saturated heterocycles. The van der Waals surface area contributed by atoms with E-state index >= 15 is 0 Å². The normalized spacial score (nSPS) is 11.6. The number of nitrogens with zero attached hydrogens (tertiary/aromatic N) is 4. The summed E-state index contributed by atoms with van der Waals surface area (Å²) in [5, 5.41) is 8.44. The summed E-state index contributed by atoms with van der Waals surface area (Å²) < 4.78 is 6.83. The Morgan fingerprint density at radius 3 is 3.00 bits per heavy atom. The van der Waals surface area contributed by atoms with Crippen LogP contribution in [0.25, 0.3) is 11.0 Å². The van der Waals surface area contributed by atoms with Crippen LogP contribution < -0.4 is 5.32 Å². The fraction of sp³-hybridized carbons (Fsp3) is 0.357. The minimum Gasteiger partial charge on any atom is -0.343 e. The first kappa shape index (κ1) is 12.8. The maximum absolute atomic E-state index is 4.78. The van der Waals surface area contributed by atoms with Crippen molar-refractivity contribution in [2.24, 2.45) is 0 Å². The Morgan fingerprint density at radius 2 is 2.25 bits per heavy atom. The Kier molecular flexibility index (Phi) is 3.47. The Labute approximate surface area is 116 Å². The quantitative estimate of drug-likeness (QED) is 0.768. The summed E-state index contributed by atoms with van der Waals surface area (Å²) in [4.78, 5) is 8.52. The predicted molar refractivity (Wildman–Crippen MR) is 75.1 cm³/mol. The standard InChI is InChI=1S/C14H17N5O/c1-10(2)16-6-11-7-19(8-13-17-9-20-18-13)14-12(11)4-3-5-15-14/h3-5,7,9-10,16H,6,8H2,1-2H3. The van der Waals surface area contributed by atoms with E-state index < -0.39 is 0 Å². The van der Waals surface area contributed by atoms with Crippen LogP contribution in [-0.2, 0) is 13.1 Å². The molecule has 1 N–H and O–H groups in total. The first-order chi connectivity index (χ1) is 9.74. The van der Waals surface area contributed by atoms with Crippen molar-refractivity contribution in [2.75, 3.05) is 0 Å². The lowest BCUT2D eigenvalue weighted by molar-refractivity contribution is 0.408. The molecule has 0 aliphatic rings. The molecule has 3 aromatic heterocycles. The number of rotatable bonds is 5. The zero-order valence-corrected chi connectivity index (χ0v) is 11.6. The van der Waals surface area contributed by atoms with Crippen molar-refractivity contribution in [3.05, 3.63) is 42.3 Å². The monoisotopic (exact) mass is 271 g/mol. The van der Waals surface area contributed by atoms with Crippen molar-refractivity contribution >= 4 is 11.0 Å². The Hall–Kier alpha value is -2.21. The van der Waals surface area contributed by atoms with Crippen LogP contribution in [-0.4, -0.2) is 25.7 Å². The van der Waals surface area contributed by atoms with Gasteiger partial charge >= 0.3 is 0 Å². The van der Waals surface area contributed by atoms with Crippen LogP contribution in [0.3, 0.4) is 0 Å². The zero-order valence-electron chi connectivity index (χ0n) is 11.6. The van der Waals surface area contributed by atoms with Crippen molar-refractivity contribution in [3.8, 4) is 0 Å². The molecular weight excluding hydrogens is 254 g/mol. The van der Waals surface area contributed by atoms with Crippen LogP contribution in [0.1, 0.15) is 25.2 Å². The Bertz CT molecular complexity index is 687. The first-order valence-corrected chi connectivity index (χ1v) is 6.65. The average Bonchev–Trinajstić information content (AvgIpc) is 3.06. The van der Waals surface area contributed by atoms with Crippen LogP contribution >= 0.6 is 0 Å². The first-order valence-electron chi connectivity index (χ1n) is 6.65. The van der Waals surface area contributed by atoms with Crippen molar-refractivity contribution in [3.63, 3.8) is 0 Å². The highest BCUT2D eigenvalue weighted by atomic mass is 16.5. The minimum atomic E-state index is 0.447. The highest BCUT2D eigenvalue weighted by Crippen LogP contribution is 2.20. The summed E-state index contributed by atoms with van der Waals surface area (Å²) in [6, 6.07) is 4.49. The fourth-order valence-corrected chi connectivity index (χ4v) is 2.19. The van der Waals surface area contributed by atoms with E-state index in [4.69, 9.17) is 4.52 Å². The number of pyridine rings is 1. The molecule has 104 valence electrons. The Balaban J connectivity index is 1.95. The van der Waals surface area contributed by atoms with E-state index in [1.807, 2.05) is 6.07 Å². The number of hydrogen-bond acceptors (Lipinski definition) is 5. The molecule has 0 radical (unpaired) electrons. The van der Waals surface area contributed by atoms with Crippen LogP contribution in [0.2, 0.25) is 0 Å². The van der Waals surface area contributed by atoms with Crippen molar-refractivity contribution in [2.45, 2.75) is 33.0 Å². The molecule has 6 nitrogen and oxygen atoms in total. The van der Waals surface area contributed by atoms with Gasteiger partial charge in [0.1, 0.15) is 5.65 Å². The number of hydrogen-bond donors (Lipinski definition) is 1. The fourth-order valence-electron chi connectivity index (χ4n) is 2.19. The molecule has 0 aromatic carbocycles. The van der Waals surface area contributed by atoms with E-state index in [1.54, 1.807) is 6.20 Å². The molecule has 0 fully saturated rings. The summed E-state index contributed by atoms with van der Waals surface area (Å²) >= 11 is 0. The summed E-state index contributed by atoms with van der Waals surface area (Å²) in [6.45, 7) is 5.65. The lowest BCUT2D eigenvalue weighted by Crippen LogP contribution is -2.21. The second-order valence-corrected chi connectivity index (χ2v) is 5.04. The second-order valence-electron chi connectivity index (χ2n) is 5.04. The molecule has 0 saturated carbocycles. The molecule has 20 heavy (non-hydrogen) atoms. The summed E-state index contributed by atoms with van der Waals surface area (Å²) in [7, 11) is 0. The molecule has 3 heterocycles. The third-order valence-corrected chi connectivity index (χ3v) is 3.14. The SMILES string of the molecule is CC(C)NCc1cn(Cc2ncon2)c2ncccc12. The lowest BCUT2D eigenvalue weighted by atomic mass is 10.2. The van der Waals surface area contributed by atoms with Crippen molar-refractivity contribution < 1.29 is 4.52 Å². The summed E-state index contributed by atoms with van der Waals surface area (Å²) in [5.74, 6) is 0.649. The largest absolute Gasteiger partial charge is 0.343 e. The lowest BCUT2D eigenvalue weighted by Gasteiger charge is -2.06. The third kappa shape index (κ3) is 2.55. The van der Waals surface area contributed by atoms with Gasteiger partial charge in [0.2, 0.25) is 6.39 Å². The van der Waals surface area contributed by atoms with Gasteiger partial charge in [0.25, 0.3) is 0 Å². The van der Waals surface area contributed by atoms with Gasteiger partial charge in [-0.05, 0) is 17.7 Å². The van der Waals surface area contributed by atoms with Gasteiger partial charge in [-0.25, -0.2) is 4.98 Å². The van der Waals surface area contributed by atoms with Crippen molar-refractivity contribution in [1.82, 2.24) is 25.0 Å². The number of aromatic nitrogens is 4. The van der Waals surface area contributed by atoms with Gasteiger partial charge in [-0.2, -0.15) is 4.98 Å². The predicted octanol–water partition coefficient (Wildman–Crippen LogP) is 1.97. The maximum Gasteiger partial charge on any atom is 0.213 e. The van der Waals surface area contributed by atoms with Gasteiger partial charge in [-0.15, -0.1) is 0 Å². The molecule has 3 rings (SSSR count). The van der Waals surface area contributed by atoms with Gasteiger partial charge < -0.3 is 14.4 Å². The number of nitrogens with one attached hydrogen (secondary N) is 1. The molecule has 3 aromatic rings. The number of fused-ring (bicyclic) bond motifs is 1. The topological polar surface area (TPSA) is 68.8 Å². The molecule has 0 aliphatic carbocycles. The van der Waals surface area contributed by atoms with Gasteiger partial charge in [0.05, 0.1) is 6.54 Å². The highest BCUT2D eigenvalue weighted by molar-refractivity contribution is 5.80. The van der Waals surface area contributed by atoms with Gasteiger partial charge in [0.15, 0.2) is 5.82 Å². The van der Waals surface area contributed by atoms with Gasteiger partial charge in [0, 0.05) is 30.4 Å². The molecule has 0 aliphatic heterocycles. The molecular formula is C14H17N5O. The molecule has 0 spiro atoms. The smallest absolute Gasteiger partial charge is 0.213 e. The minimum absolute atomic E-state index is 0.447. The van der Waals surface area contributed by atoms with Crippen LogP contribution in [0.5, 0.6) is 0 Å². The van der Waals surface area contributed by atoms with E-state index in [1.165, 1.54) is 12.0 Å². The third-order valence-electron chi connectivity index (χ3n) is 3.14. The average molecular weight is 271 g/mol. The molecule has 6 heteroatoms. The van der Waals surface area contributed by atoms with E-state index in [-0.39, 0.29) is 0 Å². The molecule has 0 bridgehead atoms. The molecule has 0 unspecified atom stereocenters. The zero-order chi connectivity index (χ0) is 13.9. The maximum atomic E-state index is 4.78. The van der Waals surface area contributed by atoms with Gasteiger partial charge in [-0.3, -0.25) is 0 Å². The Morgan fingerprint density at radius 1 is 1.35 bits per heavy atom. The summed E-state index contributed by atoms with van der Waals surface area (Å²) in [5.41, 5.74) is 2.17. The second kappa shape index (κ2) is 5.42. The van der Waals surface area contributed by atoms with E-state index in [9.17, 15) is 0 Å². The molecule has 0 amide bonds. The highest BCUT2D eigenvalue weighted by Gasteiger charge is 2.11.